The quantitative estimate of drug-likeness (QED) is 0.862. The molecule has 23 heavy (non-hydrogen) atoms. The van der Waals surface area contributed by atoms with E-state index in [9.17, 15) is 9.59 Å². The molecule has 0 heterocycles. The highest BCUT2D eigenvalue weighted by Crippen LogP contribution is 2.16. The third-order valence-electron chi connectivity index (χ3n) is 3.26. The summed E-state index contributed by atoms with van der Waals surface area (Å²) in [4.78, 5) is 26.0. The van der Waals surface area contributed by atoms with Gasteiger partial charge in [-0.15, -0.1) is 0 Å². The first-order chi connectivity index (χ1) is 11.0. The highest BCUT2D eigenvalue weighted by atomic mass is 16.5. The first kappa shape index (κ1) is 16.5. The molecule has 1 amide bonds. The molecule has 2 aromatic rings. The van der Waals surface area contributed by atoms with Crippen LogP contribution in [0, 0.1) is 0 Å². The first-order valence-corrected chi connectivity index (χ1v) is 7.37. The number of esters is 1. The van der Waals surface area contributed by atoms with Crippen molar-refractivity contribution in [2.75, 3.05) is 30.9 Å². The molecule has 0 aliphatic rings. The van der Waals surface area contributed by atoms with Gasteiger partial charge in [-0.1, -0.05) is 12.1 Å². The van der Waals surface area contributed by atoms with Crippen molar-refractivity contribution < 1.29 is 14.3 Å². The number of benzene rings is 2. The van der Waals surface area contributed by atoms with E-state index in [1.807, 2.05) is 37.2 Å². The second kappa shape index (κ2) is 7.45. The molecule has 2 rings (SSSR count). The summed E-state index contributed by atoms with van der Waals surface area (Å²) >= 11 is 0. The molecule has 0 aliphatic heterocycles. The predicted octanol–water partition coefficient (Wildman–Crippen LogP) is 3.18. The molecular formula is C18H20N2O3. The molecule has 0 spiro atoms. The van der Waals surface area contributed by atoms with Crippen molar-refractivity contribution in [1.82, 2.24) is 0 Å². The Hall–Kier alpha value is -2.82. The van der Waals surface area contributed by atoms with Gasteiger partial charge < -0.3 is 15.0 Å². The number of carbonyl (C=O) groups is 2. The molecule has 0 fully saturated rings. The molecule has 0 saturated heterocycles. The van der Waals surface area contributed by atoms with Crippen molar-refractivity contribution >= 4 is 23.3 Å². The molecule has 0 atom stereocenters. The summed E-state index contributed by atoms with van der Waals surface area (Å²) in [5, 5.41) is 2.80. The smallest absolute Gasteiger partial charge is 0.338 e. The van der Waals surface area contributed by atoms with Crippen molar-refractivity contribution in [3.05, 3.63) is 59.7 Å². The second-order valence-corrected chi connectivity index (χ2v) is 5.20. The van der Waals surface area contributed by atoms with Gasteiger partial charge in [0, 0.05) is 31.0 Å². The third-order valence-corrected chi connectivity index (χ3v) is 3.26. The zero-order valence-electron chi connectivity index (χ0n) is 13.5. The van der Waals surface area contributed by atoms with Crippen LogP contribution in [0.3, 0.4) is 0 Å². The predicted molar refractivity (Wildman–Crippen MR) is 91.1 cm³/mol. The van der Waals surface area contributed by atoms with Crippen LogP contribution >= 0.6 is 0 Å². The fraction of sp³-hybridized carbons (Fsp3) is 0.222. The zero-order valence-corrected chi connectivity index (χ0v) is 13.5. The minimum atomic E-state index is -0.404. The molecule has 0 saturated carbocycles. The van der Waals surface area contributed by atoms with E-state index in [0.717, 1.165) is 5.69 Å². The summed E-state index contributed by atoms with van der Waals surface area (Å²) in [6.07, 6.45) is 0. The maximum Gasteiger partial charge on any atom is 0.338 e. The van der Waals surface area contributed by atoms with Gasteiger partial charge in [0.05, 0.1) is 12.2 Å². The van der Waals surface area contributed by atoms with Crippen LogP contribution in [0.5, 0.6) is 0 Å². The van der Waals surface area contributed by atoms with Crippen molar-refractivity contribution in [3.8, 4) is 0 Å². The highest BCUT2D eigenvalue weighted by molar-refractivity contribution is 6.05. The van der Waals surface area contributed by atoms with Gasteiger partial charge in [-0.2, -0.15) is 0 Å². The van der Waals surface area contributed by atoms with Crippen molar-refractivity contribution in [1.29, 1.82) is 0 Å². The fourth-order valence-corrected chi connectivity index (χ4v) is 2.07. The van der Waals surface area contributed by atoms with Crippen LogP contribution in [0.25, 0.3) is 0 Å². The minimum Gasteiger partial charge on any atom is -0.462 e. The Morgan fingerprint density at radius 1 is 1.04 bits per heavy atom. The number of rotatable bonds is 5. The van der Waals surface area contributed by atoms with Crippen LogP contribution in [-0.4, -0.2) is 32.6 Å². The lowest BCUT2D eigenvalue weighted by atomic mass is 10.1. The average Bonchev–Trinajstić information content (AvgIpc) is 2.55. The Kier molecular flexibility index (Phi) is 5.36. The van der Waals surface area contributed by atoms with Crippen LogP contribution in [0.4, 0.5) is 11.4 Å². The number of amides is 1. The Morgan fingerprint density at radius 2 is 1.74 bits per heavy atom. The Morgan fingerprint density at radius 3 is 2.43 bits per heavy atom. The summed E-state index contributed by atoms with van der Waals surface area (Å²) in [6, 6.07) is 14.0. The van der Waals surface area contributed by atoms with Crippen molar-refractivity contribution in [2.24, 2.45) is 0 Å². The molecule has 120 valence electrons. The molecule has 0 bridgehead atoms. The van der Waals surface area contributed by atoms with Crippen LogP contribution < -0.4 is 10.2 Å². The normalized spacial score (nSPS) is 10.0. The Labute approximate surface area is 135 Å². The maximum atomic E-state index is 12.3. The van der Waals surface area contributed by atoms with E-state index < -0.39 is 5.97 Å². The van der Waals surface area contributed by atoms with Crippen LogP contribution in [0.15, 0.2) is 48.5 Å². The van der Waals surface area contributed by atoms with Gasteiger partial charge in [-0.05, 0) is 43.3 Å². The van der Waals surface area contributed by atoms with Crippen LogP contribution in [-0.2, 0) is 4.74 Å². The van der Waals surface area contributed by atoms with Gasteiger partial charge >= 0.3 is 5.97 Å². The average molecular weight is 312 g/mol. The number of nitrogens with one attached hydrogen (secondary N) is 1. The molecule has 0 aromatic heterocycles. The SMILES string of the molecule is CCOC(=O)c1cccc(NC(=O)c2cccc(N(C)C)c2)c1. The summed E-state index contributed by atoms with van der Waals surface area (Å²) in [5.41, 5.74) is 2.46. The standard InChI is InChI=1S/C18H20N2O3/c1-4-23-18(22)14-8-5-9-15(11-14)19-17(21)13-7-6-10-16(12-13)20(2)3/h5-12H,4H2,1-3H3,(H,19,21). The van der Waals surface area contributed by atoms with Gasteiger partial charge in [0.2, 0.25) is 0 Å². The molecule has 2 aromatic carbocycles. The number of hydrogen-bond acceptors (Lipinski definition) is 4. The van der Waals surface area contributed by atoms with Crippen molar-refractivity contribution in [2.45, 2.75) is 6.92 Å². The summed E-state index contributed by atoms with van der Waals surface area (Å²) in [5.74, 6) is -0.632. The van der Waals surface area contributed by atoms with Crippen LogP contribution in [0.2, 0.25) is 0 Å². The van der Waals surface area contributed by atoms with Gasteiger partial charge in [0.1, 0.15) is 0 Å². The molecule has 1 N–H and O–H groups in total. The third kappa shape index (κ3) is 4.32. The number of nitrogens with zero attached hydrogens (tertiary/aromatic N) is 1. The number of hydrogen-bond donors (Lipinski definition) is 1. The molecular weight excluding hydrogens is 292 g/mol. The lowest BCUT2D eigenvalue weighted by molar-refractivity contribution is 0.0526. The summed E-state index contributed by atoms with van der Waals surface area (Å²) < 4.78 is 4.96. The number of carbonyl (C=O) groups excluding carboxylic acids is 2. The Bertz CT molecular complexity index is 711. The number of ether oxygens (including phenoxy) is 1. The van der Waals surface area contributed by atoms with Gasteiger partial charge in [-0.25, -0.2) is 4.79 Å². The molecule has 0 radical (unpaired) electrons. The lowest BCUT2D eigenvalue weighted by Crippen LogP contribution is -2.14. The Balaban J connectivity index is 2.16. The zero-order chi connectivity index (χ0) is 16.8. The molecule has 0 aliphatic carbocycles. The first-order valence-electron chi connectivity index (χ1n) is 7.37. The van der Waals surface area contributed by atoms with Gasteiger partial charge in [-0.3, -0.25) is 4.79 Å². The van der Waals surface area contributed by atoms with E-state index in [0.29, 0.717) is 23.4 Å². The lowest BCUT2D eigenvalue weighted by Gasteiger charge is -2.13. The summed E-state index contributed by atoms with van der Waals surface area (Å²) in [7, 11) is 3.83. The van der Waals surface area contributed by atoms with E-state index in [1.165, 1.54) is 0 Å². The van der Waals surface area contributed by atoms with Crippen LogP contribution in [0.1, 0.15) is 27.6 Å². The summed E-state index contributed by atoms with van der Waals surface area (Å²) in [6.45, 7) is 2.06. The van der Waals surface area contributed by atoms with Crippen molar-refractivity contribution in [3.63, 3.8) is 0 Å². The largest absolute Gasteiger partial charge is 0.462 e. The van der Waals surface area contributed by atoms with E-state index in [2.05, 4.69) is 5.32 Å². The monoisotopic (exact) mass is 312 g/mol. The highest BCUT2D eigenvalue weighted by Gasteiger charge is 2.10. The molecule has 5 nitrogen and oxygen atoms in total. The minimum absolute atomic E-state index is 0.227. The van der Waals surface area contributed by atoms with E-state index >= 15 is 0 Å². The maximum absolute atomic E-state index is 12.3. The second-order valence-electron chi connectivity index (χ2n) is 5.20. The molecule has 5 heteroatoms. The van der Waals surface area contributed by atoms with E-state index in [1.54, 1.807) is 37.3 Å². The van der Waals surface area contributed by atoms with Gasteiger partial charge in [0.25, 0.3) is 5.91 Å². The van der Waals surface area contributed by atoms with Gasteiger partial charge in [0.15, 0.2) is 0 Å². The van der Waals surface area contributed by atoms with E-state index in [4.69, 9.17) is 4.74 Å². The van der Waals surface area contributed by atoms with E-state index in [-0.39, 0.29) is 5.91 Å². The topological polar surface area (TPSA) is 58.6 Å². The molecule has 0 unspecified atom stereocenters. The fourth-order valence-electron chi connectivity index (χ4n) is 2.07. The number of anilines is 2.